The summed E-state index contributed by atoms with van der Waals surface area (Å²) in [4.78, 5) is 19.0. The number of carbonyl (C=O) groups is 1. The van der Waals surface area contributed by atoms with Gasteiger partial charge in [0.1, 0.15) is 5.82 Å². The summed E-state index contributed by atoms with van der Waals surface area (Å²) < 4.78 is 2.38. The van der Waals surface area contributed by atoms with Gasteiger partial charge in [0, 0.05) is 25.6 Å². The molecule has 0 aliphatic heterocycles. The van der Waals surface area contributed by atoms with Crippen molar-refractivity contribution >= 4 is 23.0 Å². The third-order valence-corrected chi connectivity index (χ3v) is 6.07. The van der Waals surface area contributed by atoms with Gasteiger partial charge in [-0.2, -0.15) is 0 Å². The highest BCUT2D eigenvalue weighted by molar-refractivity contribution is 5.91. The summed E-state index contributed by atoms with van der Waals surface area (Å²) in [6.45, 7) is 24.7. The molecule has 35 heavy (non-hydrogen) atoms. The molecule has 0 fully saturated rings. The van der Waals surface area contributed by atoms with Crippen molar-refractivity contribution in [2.24, 2.45) is 16.2 Å². The second-order valence-electron chi connectivity index (χ2n) is 13.4. The Kier molecular flexibility index (Phi) is 9.71. The summed E-state index contributed by atoms with van der Waals surface area (Å²) in [6.07, 6.45) is 6.25. The van der Waals surface area contributed by atoms with Crippen molar-refractivity contribution in [2.75, 3.05) is 19.6 Å². The fraction of sp³-hybridized carbons (Fsp3) is 0.655. The average Bonchev–Trinajstić information content (AvgIpc) is 3.04. The van der Waals surface area contributed by atoms with E-state index in [9.17, 15) is 4.79 Å². The van der Waals surface area contributed by atoms with Crippen LogP contribution in [0.1, 0.15) is 86.5 Å². The molecular formula is C29H48N4O2. The van der Waals surface area contributed by atoms with Gasteiger partial charge < -0.3 is 9.47 Å². The van der Waals surface area contributed by atoms with Crippen LogP contribution in [0, 0.1) is 16.2 Å². The van der Waals surface area contributed by atoms with E-state index in [1.807, 2.05) is 12.1 Å². The number of imidazole rings is 1. The van der Waals surface area contributed by atoms with Crippen LogP contribution in [-0.4, -0.2) is 45.2 Å². The highest BCUT2D eigenvalue weighted by atomic mass is 16.5. The van der Waals surface area contributed by atoms with Gasteiger partial charge in [-0.25, -0.2) is 10.5 Å². The number of fused-ring (bicyclic) bond motifs is 1. The van der Waals surface area contributed by atoms with Gasteiger partial charge in [-0.3, -0.25) is 10.0 Å². The maximum atomic E-state index is 11.4. The van der Waals surface area contributed by atoms with Crippen LogP contribution >= 0.6 is 0 Å². The van der Waals surface area contributed by atoms with Crippen molar-refractivity contribution in [3.05, 3.63) is 35.7 Å². The van der Waals surface area contributed by atoms with Crippen molar-refractivity contribution in [3.8, 4) is 0 Å². The van der Waals surface area contributed by atoms with Crippen molar-refractivity contribution in [1.82, 2.24) is 19.9 Å². The van der Waals surface area contributed by atoms with E-state index in [0.717, 1.165) is 55.0 Å². The zero-order chi connectivity index (χ0) is 26.4. The Balaban J connectivity index is 2.33. The number of benzene rings is 1. The molecule has 2 aromatic rings. The topological polar surface area (TPSA) is 70.4 Å². The molecule has 0 unspecified atom stereocenters. The van der Waals surface area contributed by atoms with Crippen molar-refractivity contribution in [2.45, 2.75) is 88.1 Å². The Morgan fingerprint density at radius 3 is 2.09 bits per heavy atom. The maximum Gasteiger partial charge on any atom is 0.267 e. The van der Waals surface area contributed by atoms with Gasteiger partial charge in [-0.1, -0.05) is 68.4 Å². The van der Waals surface area contributed by atoms with Crippen LogP contribution in [0.5, 0.6) is 0 Å². The maximum absolute atomic E-state index is 11.4. The standard InChI is InChI=1S/C29H48N4O2/c1-27(2,3)14-16-32(17-15-28(4,5)6)18-19-33-24-12-10-22(11-13-26(34)31-35)20-23(24)30-25(33)21-29(7,8)9/h10-13,20,35H,14-19,21H2,1-9H3,(H,31,34). The molecule has 0 radical (unpaired) electrons. The van der Waals surface area contributed by atoms with E-state index in [-0.39, 0.29) is 5.41 Å². The first-order valence-electron chi connectivity index (χ1n) is 12.9. The lowest BCUT2D eigenvalue weighted by atomic mass is 9.90. The zero-order valence-electron chi connectivity index (χ0n) is 23.5. The Bertz CT molecular complexity index is 983. The van der Waals surface area contributed by atoms with Crippen LogP contribution in [0.2, 0.25) is 0 Å². The monoisotopic (exact) mass is 484 g/mol. The molecule has 196 valence electrons. The zero-order valence-corrected chi connectivity index (χ0v) is 23.5. The SMILES string of the molecule is CC(C)(C)CCN(CCn1c(CC(C)(C)C)nc2cc(C=CC(=O)NO)ccc21)CCC(C)(C)C. The van der Waals surface area contributed by atoms with Gasteiger partial charge >= 0.3 is 0 Å². The van der Waals surface area contributed by atoms with Gasteiger partial charge in [0.05, 0.1) is 11.0 Å². The summed E-state index contributed by atoms with van der Waals surface area (Å²) in [7, 11) is 0. The summed E-state index contributed by atoms with van der Waals surface area (Å²) >= 11 is 0. The number of aromatic nitrogens is 2. The molecule has 0 aliphatic carbocycles. The molecule has 1 aromatic heterocycles. The highest BCUT2D eigenvalue weighted by Gasteiger charge is 2.21. The van der Waals surface area contributed by atoms with Crippen molar-refractivity contribution < 1.29 is 10.0 Å². The second kappa shape index (κ2) is 11.7. The molecule has 0 saturated carbocycles. The molecule has 0 saturated heterocycles. The number of nitrogens with zero attached hydrogens (tertiary/aromatic N) is 3. The molecule has 2 N–H and O–H groups in total. The van der Waals surface area contributed by atoms with Crippen LogP contribution in [0.15, 0.2) is 24.3 Å². The largest absolute Gasteiger partial charge is 0.327 e. The molecule has 6 heteroatoms. The molecule has 1 heterocycles. The molecule has 6 nitrogen and oxygen atoms in total. The quantitative estimate of drug-likeness (QED) is 0.235. The van der Waals surface area contributed by atoms with E-state index < -0.39 is 5.91 Å². The van der Waals surface area contributed by atoms with Gasteiger partial charge in [-0.15, -0.1) is 0 Å². The number of hydroxylamine groups is 1. The number of amides is 1. The summed E-state index contributed by atoms with van der Waals surface area (Å²) in [5, 5.41) is 8.73. The molecular weight excluding hydrogens is 436 g/mol. The number of nitrogens with one attached hydrogen (secondary N) is 1. The normalized spacial score (nSPS) is 13.3. The molecule has 0 atom stereocenters. The smallest absolute Gasteiger partial charge is 0.267 e. The minimum atomic E-state index is -0.547. The minimum absolute atomic E-state index is 0.124. The van der Waals surface area contributed by atoms with Gasteiger partial charge in [0.15, 0.2) is 0 Å². The molecule has 0 bridgehead atoms. The summed E-state index contributed by atoms with van der Waals surface area (Å²) in [6, 6.07) is 6.11. The van der Waals surface area contributed by atoms with E-state index in [1.54, 1.807) is 11.6 Å². The third kappa shape index (κ3) is 10.5. The average molecular weight is 485 g/mol. The third-order valence-electron chi connectivity index (χ3n) is 6.07. The van der Waals surface area contributed by atoms with Crippen LogP contribution in [0.3, 0.4) is 0 Å². The first kappa shape index (κ1) is 29.1. The highest BCUT2D eigenvalue weighted by Crippen LogP contribution is 2.26. The van der Waals surface area contributed by atoms with Crippen LogP contribution < -0.4 is 5.48 Å². The second-order valence-corrected chi connectivity index (χ2v) is 13.4. The van der Waals surface area contributed by atoms with E-state index in [4.69, 9.17) is 10.2 Å². The fourth-order valence-corrected chi connectivity index (χ4v) is 3.93. The molecule has 0 aliphatic rings. The Morgan fingerprint density at radius 2 is 1.57 bits per heavy atom. The predicted molar refractivity (Wildman–Crippen MR) is 146 cm³/mol. The lowest BCUT2D eigenvalue weighted by Gasteiger charge is -2.30. The molecule has 2 rings (SSSR count). The van der Waals surface area contributed by atoms with E-state index in [0.29, 0.717) is 10.8 Å². The number of carbonyl (C=O) groups excluding carboxylic acids is 1. The lowest BCUT2D eigenvalue weighted by molar-refractivity contribution is -0.124. The fourth-order valence-electron chi connectivity index (χ4n) is 3.93. The van der Waals surface area contributed by atoms with E-state index >= 15 is 0 Å². The van der Waals surface area contributed by atoms with Gasteiger partial charge in [0.2, 0.25) is 0 Å². The van der Waals surface area contributed by atoms with Crippen molar-refractivity contribution in [3.63, 3.8) is 0 Å². The molecule has 1 aromatic carbocycles. The van der Waals surface area contributed by atoms with E-state index in [1.165, 1.54) is 18.9 Å². The summed E-state index contributed by atoms with van der Waals surface area (Å²) in [5.74, 6) is 0.558. The molecule has 0 spiro atoms. The Morgan fingerprint density at radius 1 is 0.971 bits per heavy atom. The number of rotatable bonds is 10. The lowest BCUT2D eigenvalue weighted by Crippen LogP contribution is -2.33. The van der Waals surface area contributed by atoms with Crippen LogP contribution in [0.4, 0.5) is 0 Å². The number of hydrogen-bond donors (Lipinski definition) is 2. The van der Waals surface area contributed by atoms with E-state index in [2.05, 4.69) is 77.8 Å². The minimum Gasteiger partial charge on any atom is -0.327 e. The number of hydrogen-bond acceptors (Lipinski definition) is 4. The predicted octanol–water partition coefficient (Wildman–Crippen LogP) is 6.32. The van der Waals surface area contributed by atoms with Crippen molar-refractivity contribution in [1.29, 1.82) is 0 Å². The van der Waals surface area contributed by atoms with Crippen LogP contribution in [-0.2, 0) is 17.8 Å². The van der Waals surface area contributed by atoms with Gasteiger partial charge in [-0.05, 0) is 65.9 Å². The Hall–Kier alpha value is -2.18. The summed E-state index contributed by atoms with van der Waals surface area (Å²) in [5.41, 5.74) is 5.32. The van der Waals surface area contributed by atoms with Crippen LogP contribution in [0.25, 0.3) is 17.1 Å². The van der Waals surface area contributed by atoms with Gasteiger partial charge in [0.25, 0.3) is 5.91 Å². The first-order chi connectivity index (χ1) is 16.1. The molecule has 1 amide bonds. The Labute approximate surface area is 212 Å². The first-order valence-corrected chi connectivity index (χ1v) is 12.9.